The molecule has 3 N–H and O–H groups in total. The summed E-state index contributed by atoms with van der Waals surface area (Å²) < 4.78 is 5.15. The van der Waals surface area contributed by atoms with Gasteiger partial charge in [-0.05, 0) is 143 Å². The third kappa shape index (κ3) is 18.4. The van der Waals surface area contributed by atoms with Gasteiger partial charge < -0.3 is 15.2 Å². The van der Waals surface area contributed by atoms with Crippen LogP contribution in [0.4, 0.5) is 5.82 Å². The van der Waals surface area contributed by atoms with Gasteiger partial charge in [0.15, 0.2) is 11.5 Å². The zero-order valence-electron chi connectivity index (χ0n) is 25.9. The lowest BCUT2D eigenvalue weighted by Crippen LogP contribution is -2.08. The van der Waals surface area contributed by atoms with Crippen molar-refractivity contribution >= 4 is 5.82 Å². The summed E-state index contributed by atoms with van der Waals surface area (Å²) in [5, 5.41) is 13.1. The zero-order chi connectivity index (χ0) is 35.7. The van der Waals surface area contributed by atoms with Crippen LogP contribution in [0, 0.1) is 123 Å². The topological polar surface area (TPSA) is 162 Å². The van der Waals surface area contributed by atoms with E-state index in [1.54, 1.807) is 30.0 Å². The van der Waals surface area contributed by atoms with E-state index in [9.17, 15) is 5.11 Å². The molecule has 48 heavy (non-hydrogen) atoms. The summed E-state index contributed by atoms with van der Waals surface area (Å²) in [6.07, 6.45) is 6.41. The van der Waals surface area contributed by atoms with Crippen molar-refractivity contribution in [3.05, 3.63) is 86.9 Å². The summed E-state index contributed by atoms with van der Waals surface area (Å²) in [6.45, 7) is 3.78. The van der Waals surface area contributed by atoms with Crippen LogP contribution in [0.3, 0.4) is 0 Å². The van der Waals surface area contributed by atoms with Crippen LogP contribution in [0.1, 0.15) is 35.4 Å². The van der Waals surface area contributed by atoms with Gasteiger partial charge in [-0.15, -0.1) is 12.0 Å². The van der Waals surface area contributed by atoms with Crippen LogP contribution >= 0.6 is 0 Å². The molecule has 0 unspecified atom stereocenters. The predicted molar refractivity (Wildman–Crippen MR) is 202 cm³/mol. The number of aromatic hydroxyl groups is 1. The summed E-state index contributed by atoms with van der Waals surface area (Å²) in [5.41, 5.74) is 15.0. The first-order valence-electron chi connectivity index (χ1n) is 13.1. The lowest BCUT2D eigenvalue weighted by molar-refractivity contribution is 0.373. The smallest absolute Gasteiger partial charge is 0.161 e. The van der Waals surface area contributed by atoms with Crippen LogP contribution in [0.25, 0.3) is 21.7 Å². The number of ether oxygens (including phenoxy) is 1. The van der Waals surface area contributed by atoms with Gasteiger partial charge in [0.2, 0.25) is 0 Å². The molecule has 0 aliphatic rings. The minimum absolute atomic E-state index is 0. The normalized spacial score (nSPS) is 7.62. The molecule has 0 bridgehead atoms. The first kappa shape index (κ1) is 39.9. The van der Waals surface area contributed by atoms with Gasteiger partial charge in [0.05, 0.1) is 12.8 Å². The number of nitrogens with zero attached hydrogens (tertiary/aromatic N) is 4. The fourth-order valence-corrected chi connectivity index (χ4v) is 2.98. The Labute approximate surface area is 290 Å². The van der Waals surface area contributed by atoms with E-state index in [1.165, 1.54) is 19.0 Å². The number of anilines is 1. The number of hydrogen-bond donors (Lipinski definition) is 3. The first-order chi connectivity index (χ1) is 23.5. The molecular weight excluding hydrogens is 604 g/mol. The molecule has 0 radical (unpaired) electrons. The van der Waals surface area contributed by atoms with E-state index in [0.29, 0.717) is 5.75 Å². The Kier molecular flexibility index (Phi) is 23.0. The second-order valence-corrected chi connectivity index (χ2v) is 7.82. The van der Waals surface area contributed by atoms with E-state index in [0.717, 1.165) is 17.1 Å². The zero-order valence-corrected chi connectivity index (χ0v) is 25.9. The molecular formula is C38H38N6O4. The SMILES string of the molecule is C#CC#CC#CC#CC#CC#CC#CC#CC#CC.COc1cc(-c2cc(N[C@@H](C)c3ccccc3)ncn2)ccc1O.O=O.[HH].[HH].[HH].[HH].[HH].[HH].[HH].[N-]=[N+]=N. The number of methoxy groups -OCH3 is 1. The standard InChI is InChI=1S/C19H19N3O2.C19H4.HN3.O2.7H2/c1-13(14-6-4-3-5-7-14)22-19-11-16(20-12-21-19)15-8-9-17(23)18(10-15)24-2;1-3-5-7-9-11-13-15-17-19-18-16-14-12-10-8-6-4-2;1-3-2;1-2;;;;;;;/h3-13,23H,1-2H3,(H,20,21,22);1H,2H3;1H;;7*1H/t13-;;;;;;;;;;/m0........../s1. The van der Waals surface area contributed by atoms with Crippen molar-refractivity contribution in [2.45, 2.75) is 19.9 Å². The van der Waals surface area contributed by atoms with E-state index >= 15 is 0 Å². The number of rotatable bonds is 5. The fraction of sp³-hybridized carbons (Fsp3) is 0.105. The molecule has 244 valence electrons. The number of terminal acetylenes is 1. The first-order valence-corrected chi connectivity index (χ1v) is 13.1. The summed E-state index contributed by atoms with van der Waals surface area (Å²) in [7, 11) is 1.52. The Bertz CT molecular complexity index is 2140. The Morgan fingerprint density at radius 3 is 1.83 bits per heavy atom. The van der Waals surface area contributed by atoms with E-state index in [1.807, 2.05) is 24.3 Å². The molecule has 0 spiro atoms. The monoisotopic (exact) mass is 642 g/mol. The third-order valence-electron chi connectivity index (χ3n) is 4.88. The van der Waals surface area contributed by atoms with Gasteiger partial charge >= 0.3 is 0 Å². The van der Waals surface area contributed by atoms with E-state index in [-0.39, 0.29) is 21.8 Å². The summed E-state index contributed by atoms with van der Waals surface area (Å²) in [6, 6.07) is 17.3. The largest absolute Gasteiger partial charge is 0.504 e. The number of benzene rings is 2. The molecule has 1 heterocycles. The molecule has 2 aromatic carbocycles. The van der Waals surface area contributed by atoms with Crippen molar-refractivity contribution in [3.63, 3.8) is 0 Å². The Morgan fingerprint density at radius 1 is 0.854 bits per heavy atom. The second kappa shape index (κ2) is 27.7. The van der Waals surface area contributed by atoms with Gasteiger partial charge in [-0.1, -0.05) is 36.3 Å². The molecule has 0 aliphatic heterocycles. The van der Waals surface area contributed by atoms with Crippen LogP contribution in [-0.4, -0.2) is 22.2 Å². The van der Waals surface area contributed by atoms with Crippen molar-refractivity contribution in [2.24, 2.45) is 0 Å². The molecule has 10 nitrogen and oxygen atoms in total. The fourth-order valence-electron chi connectivity index (χ4n) is 2.98. The van der Waals surface area contributed by atoms with Crippen molar-refractivity contribution < 1.29 is 19.8 Å². The van der Waals surface area contributed by atoms with Crippen LogP contribution in [0.2, 0.25) is 0 Å². The maximum Gasteiger partial charge on any atom is 0.161 e. The van der Waals surface area contributed by atoms with Crippen molar-refractivity contribution in [1.82, 2.24) is 9.97 Å². The summed E-state index contributed by atoms with van der Waals surface area (Å²) in [5.74, 6) is 43.2. The van der Waals surface area contributed by atoms with Crippen molar-refractivity contribution in [1.29, 1.82) is 5.53 Å². The van der Waals surface area contributed by atoms with E-state index < -0.39 is 0 Å². The van der Waals surface area contributed by atoms with Gasteiger partial charge in [-0.25, -0.2) is 9.97 Å². The Hall–Kier alpha value is -8.13. The molecule has 1 aromatic heterocycles. The quantitative estimate of drug-likeness (QED) is 0.113. The van der Waals surface area contributed by atoms with Crippen LogP contribution in [0.5, 0.6) is 11.5 Å². The number of nitrogens with one attached hydrogen (secondary N) is 2. The highest BCUT2D eigenvalue weighted by atomic mass is 16.7. The average molecular weight is 643 g/mol. The number of phenolic OH excluding ortho intramolecular Hbond substituents is 1. The number of aromatic nitrogens is 2. The summed E-state index contributed by atoms with van der Waals surface area (Å²) in [4.78, 5) is 24.3. The Balaban J connectivity index is -0.000000109. The van der Waals surface area contributed by atoms with Gasteiger partial charge in [0, 0.05) is 37.6 Å². The van der Waals surface area contributed by atoms with Crippen molar-refractivity contribution in [2.75, 3.05) is 12.4 Å². The number of phenols is 1. The van der Waals surface area contributed by atoms with Gasteiger partial charge in [0.25, 0.3) is 0 Å². The third-order valence-corrected chi connectivity index (χ3v) is 4.88. The molecule has 3 rings (SSSR count). The van der Waals surface area contributed by atoms with Crippen molar-refractivity contribution in [3.8, 4) is 130 Å². The van der Waals surface area contributed by atoms with Crippen LogP contribution in [0.15, 0.2) is 60.9 Å². The summed E-state index contributed by atoms with van der Waals surface area (Å²) >= 11 is 0. The predicted octanol–water partition coefficient (Wildman–Crippen LogP) is 7.36. The molecule has 0 fully saturated rings. The maximum atomic E-state index is 9.71. The average Bonchev–Trinajstić information content (AvgIpc) is 3.12. The molecule has 10 heteroatoms. The Morgan fingerprint density at radius 2 is 1.35 bits per heavy atom. The van der Waals surface area contributed by atoms with E-state index in [2.05, 4.69) is 135 Å². The highest BCUT2D eigenvalue weighted by Crippen LogP contribution is 2.31. The highest BCUT2D eigenvalue weighted by molar-refractivity contribution is 5.66. The van der Waals surface area contributed by atoms with E-state index in [4.69, 9.17) is 32.2 Å². The minimum Gasteiger partial charge on any atom is -0.504 e. The number of hydrogen-bond acceptors (Lipinski definition) is 8. The van der Waals surface area contributed by atoms with Crippen LogP contribution in [-0.2, 0) is 0 Å². The van der Waals surface area contributed by atoms with Crippen LogP contribution < -0.4 is 10.1 Å². The molecule has 0 saturated heterocycles. The minimum atomic E-state index is 0. The highest BCUT2D eigenvalue weighted by Gasteiger charge is 2.09. The maximum absolute atomic E-state index is 9.71. The second-order valence-electron chi connectivity index (χ2n) is 7.82. The van der Waals surface area contributed by atoms with Gasteiger partial charge in [0.1, 0.15) is 12.1 Å². The van der Waals surface area contributed by atoms with Gasteiger partial charge in [-0.2, -0.15) is 0 Å². The molecule has 3 aromatic rings. The molecule has 1 atom stereocenters. The lowest BCUT2D eigenvalue weighted by Gasteiger charge is -2.15. The molecule has 0 amide bonds. The molecule has 0 aliphatic carbocycles. The molecule has 0 saturated carbocycles. The lowest BCUT2D eigenvalue weighted by atomic mass is 10.1. The van der Waals surface area contributed by atoms with Gasteiger partial charge in [-0.3, -0.25) is 0 Å².